The molecule has 2 aliphatic rings. The number of hydrogen-bond acceptors (Lipinski definition) is 9. The molecule has 43 heavy (non-hydrogen) atoms. The fraction of sp³-hybridized carbons (Fsp3) is 0.212. The molecule has 0 radical (unpaired) electrons. The first-order chi connectivity index (χ1) is 21.4. The van der Waals surface area contributed by atoms with Crippen molar-refractivity contribution in [1.82, 2.24) is 21.0 Å². The smallest absolute Gasteiger partial charge is 0.151 e. The molecule has 4 aromatic rings. The van der Waals surface area contributed by atoms with Gasteiger partial charge in [0.05, 0.1) is 48.1 Å². The Morgan fingerprint density at radius 3 is 2.58 bits per heavy atom. The third kappa shape index (κ3) is 5.90. The summed E-state index contributed by atoms with van der Waals surface area (Å²) >= 11 is 0. The highest BCUT2D eigenvalue weighted by molar-refractivity contribution is 5.96. The molecule has 1 saturated carbocycles. The molecule has 0 spiro atoms. The molecule has 2 atom stereocenters. The first-order valence-electron chi connectivity index (χ1n) is 14.5. The van der Waals surface area contributed by atoms with Crippen LogP contribution in [0.15, 0.2) is 84.8 Å². The number of benzene rings is 3. The van der Waals surface area contributed by atoms with Crippen molar-refractivity contribution in [3.63, 3.8) is 0 Å². The van der Waals surface area contributed by atoms with Crippen LogP contribution in [-0.4, -0.2) is 16.0 Å². The van der Waals surface area contributed by atoms with Crippen LogP contribution in [0.5, 0.6) is 0 Å². The van der Waals surface area contributed by atoms with Crippen molar-refractivity contribution >= 4 is 22.3 Å². The highest BCUT2D eigenvalue weighted by Crippen LogP contribution is 2.36. The van der Waals surface area contributed by atoms with E-state index < -0.39 is 11.8 Å². The largest absolute Gasteiger partial charge is 0.377 e. The lowest BCUT2D eigenvalue weighted by molar-refractivity contribution is 0.260. The molecule has 0 bridgehead atoms. The summed E-state index contributed by atoms with van der Waals surface area (Å²) in [5, 5.41) is 37.7. The van der Waals surface area contributed by atoms with Crippen LogP contribution in [0, 0.1) is 39.8 Å². The second-order valence-electron chi connectivity index (χ2n) is 10.4. The number of halogens is 1. The minimum Gasteiger partial charge on any atom is -0.377 e. The van der Waals surface area contributed by atoms with Gasteiger partial charge in [-0.15, -0.1) is 5.53 Å². The number of nitrogens with zero attached hydrogens (tertiary/aromatic N) is 5. The van der Waals surface area contributed by atoms with Gasteiger partial charge in [0.15, 0.2) is 5.82 Å². The third-order valence-corrected chi connectivity index (χ3v) is 7.46. The molecule has 1 aromatic heterocycles. The minimum absolute atomic E-state index is 0.0611. The molecule has 0 unspecified atom stereocenters. The topological polar surface area (TPSA) is 136 Å². The number of nitriles is 3. The van der Waals surface area contributed by atoms with E-state index >= 15 is 4.39 Å². The Morgan fingerprint density at radius 1 is 1.02 bits per heavy atom. The van der Waals surface area contributed by atoms with E-state index in [2.05, 4.69) is 44.8 Å². The maximum atomic E-state index is 15.8. The maximum absolute atomic E-state index is 15.8. The summed E-state index contributed by atoms with van der Waals surface area (Å²) in [5.74, 6) is -0.634. The Morgan fingerprint density at radius 2 is 1.84 bits per heavy atom. The maximum Gasteiger partial charge on any atom is 0.151 e. The molecular formula is C33H28FN9. The predicted octanol–water partition coefficient (Wildman–Crippen LogP) is 6.06. The Bertz CT molecular complexity index is 1870. The second-order valence-corrected chi connectivity index (χ2v) is 10.4. The predicted molar refractivity (Wildman–Crippen MR) is 161 cm³/mol. The van der Waals surface area contributed by atoms with Gasteiger partial charge in [0.1, 0.15) is 11.6 Å². The van der Waals surface area contributed by atoms with Gasteiger partial charge in [-0.3, -0.25) is 9.99 Å². The summed E-state index contributed by atoms with van der Waals surface area (Å²) in [6.07, 6.45) is 5.94. The highest BCUT2D eigenvalue weighted by atomic mass is 19.1. The number of fused-ring (bicyclic) bond motifs is 1. The zero-order chi connectivity index (χ0) is 30.7. The Balaban J connectivity index is 1.45. The van der Waals surface area contributed by atoms with Crippen LogP contribution in [0.2, 0.25) is 0 Å². The average Bonchev–Trinajstić information content (AvgIpc) is 3.78. The van der Waals surface area contributed by atoms with E-state index in [1.807, 2.05) is 41.5 Å². The summed E-state index contributed by atoms with van der Waals surface area (Å²) in [6.45, 7) is 0. The standard InChI is InChI=1S/C33H28FN9/c34-28-16-25(39-32(23-9-4-6-21(14-23)17-36)30-20-43(42-41-30)26-11-12-26)15-27-31(24(18-37)19-38-33(27)28)40-29(10-5-13-35)22-7-2-1-3-8-22/h1-4,6-9,14-16,19-20,26,29,32,39,41-42H,5,10-12H2,(H,38,40)/t29-,32-/m1/s1/i32D. The van der Waals surface area contributed by atoms with Crippen molar-refractivity contribution in [2.24, 2.45) is 0 Å². The van der Waals surface area contributed by atoms with E-state index in [0.717, 1.165) is 18.4 Å². The molecule has 212 valence electrons. The first-order valence-corrected chi connectivity index (χ1v) is 14.0. The van der Waals surface area contributed by atoms with Crippen LogP contribution in [0.1, 0.15) is 61.4 Å². The van der Waals surface area contributed by atoms with E-state index in [1.165, 1.54) is 12.3 Å². The fourth-order valence-electron chi connectivity index (χ4n) is 5.15. The monoisotopic (exact) mass is 570 g/mol. The number of hydrogen-bond donors (Lipinski definition) is 4. The number of nitrogens with one attached hydrogen (secondary N) is 4. The van der Waals surface area contributed by atoms with Gasteiger partial charge in [-0.05, 0) is 54.7 Å². The lowest BCUT2D eigenvalue weighted by Gasteiger charge is -2.24. The Hall–Kier alpha value is -5.63. The van der Waals surface area contributed by atoms with Gasteiger partial charge in [-0.2, -0.15) is 15.8 Å². The molecule has 1 aliphatic heterocycles. The normalized spacial score (nSPS) is 16.5. The molecule has 1 fully saturated rings. The molecule has 9 nitrogen and oxygen atoms in total. The number of hydrazine groups is 2. The van der Waals surface area contributed by atoms with Crippen molar-refractivity contribution in [1.29, 1.82) is 15.8 Å². The van der Waals surface area contributed by atoms with Crippen LogP contribution < -0.4 is 21.6 Å². The van der Waals surface area contributed by atoms with Gasteiger partial charge < -0.3 is 16.1 Å². The molecule has 4 N–H and O–H groups in total. The third-order valence-electron chi connectivity index (χ3n) is 7.46. The zero-order valence-corrected chi connectivity index (χ0v) is 23.1. The molecule has 3 aromatic carbocycles. The SMILES string of the molecule is [2H][C@](Nc1cc(F)c2ncc(C#N)c(N[C@H](CCC#N)c3ccccc3)c2c1)(C1=CN(C2CC2)NN1)c1cccc(C#N)c1. The van der Waals surface area contributed by atoms with Crippen LogP contribution in [0.25, 0.3) is 10.9 Å². The first kappa shape index (κ1) is 26.3. The molecule has 0 saturated heterocycles. The average molecular weight is 571 g/mol. The van der Waals surface area contributed by atoms with Crippen LogP contribution in [-0.2, 0) is 0 Å². The molecule has 0 amide bonds. The number of aromatic nitrogens is 1. The quantitative estimate of drug-likeness (QED) is 0.179. The minimum atomic E-state index is -1.66. The van der Waals surface area contributed by atoms with E-state index in [1.54, 1.807) is 30.3 Å². The van der Waals surface area contributed by atoms with Crippen LogP contribution in [0.3, 0.4) is 0 Å². The number of anilines is 2. The van der Waals surface area contributed by atoms with Gasteiger partial charge in [0.2, 0.25) is 0 Å². The second kappa shape index (κ2) is 12.1. The van der Waals surface area contributed by atoms with Crippen LogP contribution in [0.4, 0.5) is 15.8 Å². The van der Waals surface area contributed by atoms with Crippen molar-refractivity contribution < 1.29 is 5.76 Å². The molecule has 2 heterocycles. The molecule has 6 rings (SSSR count). The lowest BCUT2D eigenvalue weighted by Crippen LogP contribution is -2.38. The van der Waals surface area contributed by atoms with E-state index in [4.69, 9.17) is 0 Å². The van der Waals surface area contributed by atoms with E-state index in [0.29, 0.717) is 40.4 Å². The Labute approximate surface area is 250 Å². The molecule has 1 aliphatic carbocycles. The summed E-state index contributed by atoms with van der Waals surface area (Å²) < 4.78 is 25.4. The van der Waals surface area contributed by atoms with Crippen molar-refractivity contribution in [3.8, 4) is 18.2 Å². The van der Waals surface area contributed by atoms with Gasteiger partial charge >= 0.3 is 0 Å². The van der Waals surface area contributed by atoms with Gasteiger partial charge in [0, 0.05) is 35.9 Å². The summed E-state index contributed by atoms with van der Waals surface area (Å²) in [4.78, 5) is 4.25. The highest BCUT2D eigenvalue weighted by Gasteiger charge is 2.32. The Kier molecular flexibility index (Phi) is 7.38. The number of pyridine rings is 1. The van der Waals surface area contributed by atoms with E-state index in [9.17, 15) is 17.2 Å². The number of rotatable bonds is 10. The van der Waals surface area contributed by atoms with Gasteiger partial charge in [-0.25, -0.2) is 4.39 Å². The molecular weight excluding hydrogens is 541 g/mol. The van der Waals surface area contributed by atoms with E-state index in [-0.39, 0.29) is 29.2 Å². The lowest BCUT2D eigenvalue weighted by atomic mass is 9.99. The van der Waals surface area contributed by atoms with Crippen molar-refractivity contribution in [2.45, 2.75) is 43.8 Å². The van der Waals surface area contributed by atoms with Gasteiger partial charge in [-0.1, -0.05) is 42.5 Å². The van der Waals surface area contributed by atoms with Crippen LogP contribution >= 0.6 is 0 Å². The summed E-state index contributed by atoms with van der Waals surface area (Å²) in [5.41, 5.74) is 9.34. The van der Waals surface area contributed by atoms with Crippen molar-refractivity contribution in [2.75, 3.05) is 10.6 Å². The fourth-order valence-corrected chi connectivity index (χ4v) is 5.15. The molecule has 10 heteroatoms. The summed E-state index contributed by atoms with van der Waals surface area (Å²) in [7, 11) is 0. The summed E-state index contributed by atoms with van der Waals surface area (Å²) in [6, 6.07) is 24.0. The van der Waals surface area contributed by atoms with Crippen molar-refractivity contribution in [3.05, 3.63) is 113 Å². The zero-order valence-electron chi connectivity index (χ0n) is 24.1. The van der Waals surface area contributed by atoms with Gasteiger partial charge in [0.25, 0.3) is 0 Å².